The minimum atomic E-state index is -0.465. The van der Waals surface area contributed by atoms with Crippen LogP contribution in [-0.2, 0) is 9.59 Å². The van der Waals surface area contributed by atoms with E-state index in [9.17, 15) is 9.59 Å². The van der Waals surface area contributed by atoms with E-state index in [1.54, 1.807) is 30.3 Å². The van der Waals surface area contributed by atoms with Crippen molar-refractivity contribution in [2.45, 2.75) is 6.92 Å². The second kappa shape index (κ2) is 9.21. The highest BCUT2D eigenvalue weighted by Gasteiger charge is 2.39. The highest BCUT2D eigenvalue weighted by Crippen LogP contribution is 2.28. The van der Waals surface area contributed by atoms with Crippen LogP contribution in [0.2, 0.25) is 5.02 Å². The summed E-state index contributed by atoms with van der Waals surface area (Å²) in [6, 6.07) is 18.6. The van der Waals surface area contributed by atoms with Crippen LogP contribution in [0.4, 0.5) is 11.4 Å². The molecule has 1 aliphatic rings. The van der Waals surface area contributed by atoms with E-state index in [0.717, 1.165) is 11.4 Å². The van der Waals surface area contributed by atoms with Crippen LogP contribution in [0.15, 0.2) is 72.4 Å². The van der Waals surface area contributed by atoms with E-state index in [4.69, 9.17) is 23.8 Å². The van der Waals surface area contributed by atoms with Crippen molar-refractivity contribution in [3.63, 3.8) is 0 Å². The van der Waals surface area contributed by atoms with Crippen molar-refractivity contribution in [3.8, 4) is 5.69 Å². The summed E-state index contributed by atoms with van der Waals surface area (Å²) in [5.74, 6) is -0.874. The summed E-state index contributed by atoms with van der Waals surface area (Å²) >= 11 is 11.5. The summed E-state index contributed by atoms with van der Waals surface area (Å²) in [6.07, 6.45) is 3.52. The molecule has 6 nitrogen and oxygen atoms in total. The third-order valence-electron chi connectivity index (χ3n) is 5.45. The summed E-state index contributed by atoms with van der Waals surface area (Å²) in [4.78, 5) is 31.5. The van der Waals surface area contributed by atoms with Crippen molar-refractivity contribution in [1.29, 1.82) is 0 Å². The van der Waals surface area contributed by atoms with Gasteiger partial charge >= 0.3 is 0 Å². The third-order valence-corrected chi connectivity index (χ3v) is 6.10. The summed E-state index contributed by atoms with van der Waals surface area (Å²) in [6.45, 7) is 2.17. The number of likely N-dealkylation sites (N-methyl/N-ethyl adjacent to an activating group) is 1. The number of carbonyl (C=O) groups is 2. The number of aromatic nitrogens is 1. The summed E-state index contributed by atoms with van der Waals surface area (Å²) in [5, 5.41) is 0.702. The van der Waals surface area contributed by atoms with E-state index in [2.05, 4.69) is 0 Å². The first-order chi connectivity index (χ1) is 15.8. The molecule has 2 amide bonds. The third kappa shape index (κ3) is 4.29. The van der Waals surface area contributed by atoms with Gasteiger partial charge in [-0.15, -0.1) is 0 Å². The zero-order valence-corrected chi connectivity index (χ0v) is 20.1. The molecule has 1 saturated heterocycles. The van der Waals surface area contributed by atoms with Gasteiger partial charge in [0.1, 0.15) is 5.57 Å². The van der Waals surface area contributed by atoms with Crippen LogP contribution in [0.25, 0.3) is 11.8 Å². The lowest BCUT2D eigenvalue weighted by Crippen LogP contribution is -2.56. The Morgan fingerprint density at radius 2 is 1.58 bits per heavy atom. The minimum absolute atomic E-state index is 0.0465. The van der Waals surface area contributed by atoms with Crippen LogP contribution in [0.1, 0.15) is 12.6 Å². The first kappa shape index (κ1) is 22.8. The first-order valence-corrected chi connectivity index (χ1v) is 11.2. The van der Waals surface area contributed by atoms with E-state index >= 15 is 0 Å². The fourth-order valence-electron chi connectivity index (χ4n) is 3.68. The smallest absolute Gasteiger partial charge is 0.270 e. The molecule has 2 heterocycles. The van der Waals surface area contributed by atoms with Crippen molar-refractivity contribution in [1.82, 2.24) is 9.47 Å². The molecule has 0 saturated carbocycles. The number of thiocarbonyl (C=S) groups is 1. The molecule has 33 heavy (non-hydrogen) atoms. The first-order valence-electron chi connectivity index (χ1n) is 10.4. The number of carbonyl (C=O) groups excluding carboxylic acids is 2. The predicted molar refractivity (Wildman–Crippen MR) is 137 cm³/mol. The lowest BCUT2D eigenvalue weighted by molar-refractivity contribution is -0.127. The van der Waals surface area contributed by atoms with Crippen molar-refractivity contribution in [2.75, 3.05) is 30.4 Å². The number of amides is 2. The van der Waals surface area contributed by atoms with Crippen LogP contribution in [0, 0.1) is 0 Å². The molecule has 1 aliphatic heterocycles. The van der Waals surface area contributed by atoms with Crippen LogP contribution in [0.3, 0.4) is 0 Å². The molecule has 0 bridgehead atoms. The number of hydrogen-bond acceptors (Lipinski definition) is 4. The zero-order chi connectivity index (χ0) is 23.7. The minimum Gasteiger partial charge on any atom is -0.378 e. The molecule has 0 atom stereocenters. The molecule has 1 aromatic heterocycles. The van der Waals surface area contributed by atoms with Crippen molar-refractivity contribution < 1.29 is 9.59 Å². The van der Waals surface area contributed by atoms with E-state index in [1.165, 1.54) is 9.80 Å². The standard InChI is InChI=1S/C25H23ClN4O2S/c1-4-28-23(31)22(24(32)30(25(28)33)20-9-7-17(26)8-10-20)16-21-6-5-15-29(21)19-13-11-18(12-14-19)27(2)3/h5-16H,4H2,1-3H3/b22-16+. The fourth-order valence-corrected chi connectivity index (χ4v) is 4.20. The topological polar surface area (TPSA) is 48.8 Å². The van der Waals surface area contributed by atoms with Crippen LogP contribution >= 0.6 is 23.8 Å². The lowest BCUT2D eigenvalue weighted by Gasteiger charge is -2.36. The molecule has 3 aromatic rings. The molecule has 2 aromatic carbocycles. The SMILES string of the molecule is CCN1C(=O)/C(=C\c2cccn2-c2ccc(N(C)C)cc2)C(=O)N(c2ccc(Cl)cc2)C1=S. The average molecular weight is 479 g/mol. The molecular weight excluding hydrogens is 456 g/mol. The molecule has 0 radical (unpaired) electrons. The van der Waals surface area contributed by atoms with Crippen molar-refractivity contribution in [2.24, 2.45) is 0 Å². The Morgan fingerprint density at radius 3 is 2.18 bits per heavy atom. The largest absolute Gasteiger partial charge is 0.378 e. The van der Waals surface area contributed by atoms with E-state index in [0.29, 0.717) is 22.9 Å². The molecule has 4 rings (SSSR count). The molecular formula is C25H23ClN4O2S. The Labute approximate surface area is 203 Å². The zero-order valence-electron chi connectivity index (χ0n) is 18.5. The second-order valence-electron chi connectivity index (χ2n) is 7.72. The number of halogens is 1. The number of hydrogen-bond donors (Lipinski definition) is 0. The highest BCUT2D eigenvalue weighted by molar-refractivity contribution is 7.80. The normalized spacial score (nSPS) is 15.5. The van der Waals surface area contributed by atoms with Gasteiger partial charge in [-0.25, -0.2) is 0 Å². The fraction of sp³-hybridized carbons (Fsp3) is 0.160. The molecule has 0 unspecified atom stereocenters. The van der Waals surface area contributed by atoms with Gasteiger partial charge in [0.05, 0.1) is 5.69 Å². The quantitative estimate of drug-likeness (QED) is 0.301. The van der Waals surface area contributed by atoms with Gasteiger partial charge in [0.25, 0.3) is 11.8 Å². The van der Waals surface area contributed by atoms with Gasteiger partial charge in [0, 0.05) is 48.9 Å². The van der Waals surface area contributed by atoms with Gasteiger partial charge in [-0.3, -0.25) is 19.4 Å². The lowest BCUT2D eigenvalue weighted by atomic mass is 10.1. The molecule has 0 N–H and O–H groups in total. The molecule has 8 heteroatoms. The van der Waals surface area contributed by atoms with Gasteiger partial charge in [-0.1, -0.05) is 11.6 Å². The summed E-state index contributed by atoms with van der Waals surface area (Å²) in [7, 11) is 3.97. The molecule has 168 valence electrons. The van der Waals surface area contributed by atoms with Crippen LogP contribution in [0.5, 0.6) is 0 Å². The predicted octanol–water partition coefficient (Wildman–Crippen LogP) is 4.76. The van der Waals surface area contributed by atoms with Gasteiger partial charge in [0.15, 0.2) is 5.11 Å². The van der Waals surface area contributed by atoms with Crippen LogP contribution in [-0.4, -0.2) is 47.0 Å². The van der Waals surface area contributed by atoms with Gasteiger partial charge in [-0.05, 0) is 85.9 Å². The Kier molecular flexibility index (Phi) is 6.35. The average Bonchev–Trinajstić information content (AvgIpc) is 3.26. The van der Waals surface area contributed by atoms with E-state index < -0.39 is 11.8 Å². The number of benzene rings is 2. The van der Waals surface area contributed by atoms with Crippen LogP contribution < -0.4 is 9.80 Å². The highest BCUT2D eigenvalue weighted by atomic mass is 35.5. The van der Waals surface area contributed by atoms with E-state index in [1.807, 2.05) is 73.1 Å². The van der Waals surface area contributed by atoms with Gasteiger partial charge in [0.2, 0.25) is 0 Å². The maximum absolute atomic E-state index is 13.5. The summed E-state index contributed by atoms with van der Waals surface area (Å²) < 4.78 is 1.93. The Morgan fingerprint density at radius 1 is 0.939 bits per heavy atom. The van der Waals surface area contributed by atoms with Gasteiger partial charge in [-0.2, -0.15) is 0 Å². The Bertz CT molecular complexity index is 1250. The monoisotopic (exact) mass is 478 g/mol. The van der Waals surface area contributed by atoms with Crippen molar-refractivity contribution in [3.05, 3.63) is 83.2 Å². The maximum Gasteiger partial charge on any atom is 0.270 e. The molecule has 0 spiro atoms. The number of nitrogens with zero attached hydrogens (tertiary/aromatic N) is 4. The Hall–Kier alpha value is -3.42. The number of rotatable bonds is 5. The van der Waals surface area contributed by atoms with Gasteiger partial charge < -0.3 is 9.47 Å². The summed E-state index contributed by atoms with van der Waals surface area (Å²) in [5.41, 5.74) is 3.31. The van der Waals surface area contributed by atoms with Crippen molar-refractivity contribution >= 4 is 58.2 Å². The Balaban J connectivity index is 1.76. The second-order valence-corrected chi connectivity index (χ2v) is 8.52. The van der Waals surface area contributed by atoms with E-state index in [-0.39, 0.29) is 10.7 Å². The maximum atomic E-state index is 13.5. The number of anilines is 2. The molecule has 1 fully saturated rings. The molecule has 0 aliphatic carbocycles.